The van der Waals surface area contributed by atoms with E-state index in [1.165, 1.54) is 5.56 Å². The molecule has 4 nitrogen and oxygen atoms in total. The molecule has 1 aliphatic heterocycles. The Kier molecular flexibility index (Phi) is 3.65. The summed E-state index contributed by atoms with van der Waals surface area (Å²) < 4.78 is 0. The fourth-order valence-corrected chi connectivity index (χ4v) is 2.12. The highest BCUT2D eigenvalue weighted by atomic mass is 16.4. The number of amides is 1. The summed E-state index contributed by atoms with van der Waals surface area (Å²) in [6, 6.07) is 5.79. The van der Waals surface area contributed by atoms with Gasteiger partial charge in [-0.15, -0.1) is 0 Å². The number of hydrogen-bond acceptors (Lipinski definition) is 3. The highest BCUT2D eigenvalue weighted by molar-refractivity contribution is 5.96. The maximum Gasteiger partial charge on any atom is 0.253 e. The molecule has 0 atom stereocenters. The van der Waals surface area contributed by atoms with Crippen molar-refractivity contribution >= 4 is 11.6 Å². The van der Waals surface area contributed by atoms with Gasteiger partial charge in [-0.1, -0.05) is 11.2 Å². The Morgan fingerprint density at radius 3 is 2.44 bits per heavy atom. The molecular formula is C14H18N2O2. The maximum absolute atomic E-state index is 12.3. The number of hydrogen-bond donors (Lipinski definition) is 1. The lowest BCUT2D eigenvalue weighted by molar-refractivity contribution is 0.0753. The molecule has 0 aliphatic carbocycles. The van der Waals surface area contributed by atoms with Gasteiger partial charge in [0.25, 0.3) is 5.91 Å². The van der Waals surface area contributed by atoms with Crippen molar-refractivity contribution in [3.63, 3.8) is 0 Å². The van der Waals surface area contributed by atoms with Crippen LogP contribution in [0.5, 0.6) is 0 Å². The van der Waals surface area contributed by atoms with Crippen molar-refractivity contribution in [3.8, 4) is 0 Å². The summed E-state index contributed by atoms with van der Waals surface area (Å²) in [5, 5.41) is 11.9. The summed E-state index contributed by atoms with van der Waals surface area (Å²) in [7, 11) is 0. The first kappa shape index (κ1) is 12.6. The van der Waals surface area contributed by atoms with E-state index in [0.29, 0.717) is 25.9 Å². The first-order valence-electron chi connectivity index (χ1n) is 6.18. The van der Waals surface area contributed by atoms with Crippen molar-refractivity contribution < 1.29 is 10.0 Å². The molecule has 1 heterocycles. The van der Waals surface area contributed by atoms with Crippen LogP contribution in [0.1, 0.15) is 34.3 Å². The number of carbonyl (C=O) groups excluding carboxylic acids is 1. The van der Waals surface area contributed by atoms with Crippen LogP contribution in [0.25, 0.3) is 0 Å². The molecule has 2 rings (SSSR count). The molecule has 1 aliphatic rings. The fourth-order valence-electron chi connectivity index (χ4n) is 2.12. The summed E-state index contributed by atoms with van der Waals surface area (Å²) in [5.74, 6) is 0.0649. The van der Waals surface area contributed by atoms with Crippen LogP contribution in [0.4, 0.5) is 0 Å². The third-order valence-corrected chi connectivity index (χ3v) is 3.52. The third kappa shape index (κ3) is 2.53. The summed E-state index contributed by atoms with van der Waals surface area (Å²) in [6.07, 6.45) is 1.32. The molecule has 1 fully saturated rings. The summed E-state index contributed by atoms with van der Waals surface area (Å²) in [6.45, 7) is 5.31. The normalized spacial score (nSPS) is 15.7. The molecule has 1 amide bonds. The molecule has 1 N–H and O–H groups in total. The number of aryl methyl sites for hydroxylation is 2. The van der Waals surface area contributed by atoms with Crippen LogP contribution in [-0.4, -0.2) is 34.8 Å². The van der Waals surface area contributed by atoms with Crippen molar-refractivity contribution in [2.75, 3.05) is 13.1 Å². The average molecular weight is 246 g/mol. The van der Waals surface area contributed by atoms with E-state index in [9.17, 15) is 4.79 Å². The number of rotatable bonds is 1. The molecule has 18 heavy (non-hydrogen) atoms. The lowest BCUT2D eigenvalue weighted by Gasteiger charge is -2.27. The standard InChI is InChI=1S/C14H18N2O2/c1-10-3-4-12(9-11(10)2)14(17)16-7-5-13(15-18)6-8-16/h3-4,9,18H,5-8H2,1-2H3. The van der Waals surface area contributed by atoms with Gasteiger partial charge in [-0.3, -0.25) is 4.79 Å². The van der Waals surface area contributed by atoms with Crippen LogP contribution in [0, 0.1) is 13.8 Å². The quantitative estimate of drug-likeness (QED) is 0.611. The lowest BCUT2D eigenvalue weighted by Crippen LogP contribution is -2.38. The third-order valence-electron chi connectivity index (χ3n) is 3.52. The lowest BCUT2D eigenvalue weighted by atomic mass is 10.0. The van der Waals surface area contributed by atoms with Crippen molar-refractivity contribution in [3.05, 3.63) is 34.9 Å². The Morgan fingerprint density at radius 1 is 1.22 bits per heavy atom. The molecule has 0 unspecified atom stereocenters. The van der Waals surface area contributed by atoms with Gasteiger partial charge < -0.3 is 10.1 Å². The Bertz CT molecular complexity index is 485. The van der Waals surface area contributed by atoms with E-state index in [4.69, 9.17) is 5.21 Å². The zero-order chi connectivity index (χ0) is 13.1. The molecule has 4 heteroatoms. The zero-order valence-electron chi connectivity index (χ0n) is 10.8. The van der Waals surface area contributed by atoms with E-state index in [0.717, 1.165) is 16.8 Å². The van der Waals surface area contributed by atoms with Gasteiger partial charge in [0.15, 0.2) is 0 Å². The molecule has 0 saturated carbocycles. The monoisotopic (exact) mass is 246 g/mol. The fraction of sp³-hybridized carbons (Fsp3) is 0.429. The molecule has 1 aromatic rings. The zero-order valence-corrected chi connectivity index (χ0v) is 10.8. The van der Waals surface area contributed by atoms with Gasteiger partial charge in [0.05, 0.1) is 5.71 Å². The largest absolute Gasteiger partial charge is 0.411 e. The topological polar surface area (TPSA) is 52.9 Å². The minimum Gasteiger partial charge on any atom is -0.411 e. The van der Waals surface area contributed by atoms with Gasteiger partial charge in [0.1, 0.15) is 0 Å². The van der Waals surface area contributed by atoms with E-state index in [-0.39, 0.29) is 5.91 Å². The average Bonchev–Trinajstić information content (AvgIpc) is 2.41. The van der Waals surface area contributed by atoms with E-state index in [2.05, 4.69) is 5.16 Å². The molecule has 0 radical (unpaired) electrons. The second kappa shape index (κ2) is 5.21. The predicted molar refractivity (Wildman–Crippen MR) is 70.3 cm³/mol. The molecule has 96 valence electrons. The second-order valence-electron chi connectivity index (χ2n) is 4.76. The minimum atomic E-state index is 0.0649. The van der Waals surface area contributed by atoms with E-state index >= 15 is 0 Å². The Labute approximate surface area is 107 Å². The van der Waals surface area contributed by atoms with Gasteiger partial charge in [0.2, 0.25) is 0 Å². The second-order valence-corrected chi connectivity index (χ2v) is 4.76. The molecular weight excluding hydrogens is 228 g/mol. The first-order valence-corrected chi connectivity index (χ1v) is 6.18. The Hall–Kier alpha value is -1.84. The van der Waals surface area contributed by atoms with Crippen LogP contribution in [0.2, 0.25) is 0 Å². The number of benzene rings is 1. The molecule has 1 aromatic carbocycles. The maximum atomic E-state index is 12.3. The summed E-state index contributed by atoms with van der Waals surface area (Å²) in [5.41, 5.74) is 3.84. The van der Waals surface area contributed by atoms with Crippen molar-refractivity contribution in [1.82, 2.24) is 4.90 Å². The summed E-state index contributed by atoms with van der Waals surface area (Å²) in [4.78, 5) is 14.1. The van der Waals surface area contributed by atoms with Crippen LogP contribution in [0.15, 0.2) is 23.4 Å². The van der Waals surface area contributed by atoms with E-state index in [1.54, 1.807) is 0 Å². The van der Waals surface area contributed by atoms with Gasteiger partial charge >= 0.3 is 0 Å². The predicted octanol–water partition coefficient (Wildman–Crippen LogP) is 2.37. The van der Waals surface area contributed by atoms with Gasteiger partial charge in [-0.05, 0) is 37.1 Å². The number of carbonyl (C=O) groups is 1. The smallest absolute Gasteiger partial charge is 0.253 e. The molecule has 0 aromatic heterocycles. The van der Waals surface area contributed by atoms with Crippen LogP contribution in [-0.2, 0) is 0 Å². The highest BCUT2D eigenvalue weighted by Crippen LogP contribution is 2.15. The van der Waals surface area contributed by atoms with Crippen molar-refractivity contribution in [2.24, 2.45) is 5.16 Å². The van der Waals surface area contributed by atoms with E-state index < -0.39 is 0 Å². The Morgan fingerprint density at radius 2 is 1.89 bits per heavy atom. The number of piperidine rings is 1. The van der Waals surface area contributed by atoms with Gasteiger partial charge in [-0.2, -0.15) is 0 Å². The molecule has 0 bridgehead atoms. The molecule has 0 spiro atoms. The van der Waals surface area contributed by atoms with Gasteiger partial charge in [-0.25, -0.2) is 0 Å². The molecule has 1 saturated heterocycles. The van der Waals surface area contributed by atoms with Crippen molar-refractivity contribution in [2.45, 2.75) is 26.7 Å². The minimum absolute atomic E-state index is 0.0649. The van der Waals surface area contributed by atoms with Gasteiger partial charge in [0, 0.05) is 31.5 Å². The van der Waals surface area contributed by atoms with E-state index in [1.807, 2.05) is 36.9 Å². The first-order chi connectivity index (χ1) is 8.61. The van der Waals surface area contributed by atoms with Crippen LogP contribution >= 0.6 is 0 Å². The summed E-state index contributed by atoms with van der Waals surface area (Å²) >= 11 is 0. The number of nitrogens with zero attached hydrogens (tertiary/aromatic N) is 2. The SMILES string of the molecule is Cc1ccc(C(=O)N2CCC(=NO)CC2)cc1C. The van der Waals surface area contributed by atoms with Crippen molar-refractivity contribution in [1.29, 1.82) is 0 Å². The van der Waals surface area contributed by atoms with Crippen LogP contribution in [0.3, 0.4) is 0 Å². The Balaban J connectivity index is 2.10. The number of oxime groups is 1. The van der Waals surface area contributed by atoms with Crippen LogP contribution < -0.4 is 0 Å². The highest BCUT2D eigenvalue weighted by Gasteiger charge is 2.21. The number of likely N-dealkylation sites (tertiary alicyclic amines) is 1.